The Morgan fingerprint density at radius 1 is 1.35 bits per heavy atom. The summed E-state index contributed by atoms with van der Waals surface area (Å²) in [6.45, 7) is 10.1. The van der Waals surface area contributed by atoms with E-state index in [1.54, 1.807) is 6.08 Å². The van der Waals surface area contributed by atoms with E-state index < -0.39 is 0 Å². The van der Waals surface area contributed by atoms with Crippen LogP contribution in [-0.4, -0.2) is 26.3 Å². The van der Waals surface area contributed by atoms with Gasteiger partial charge < -0.3 is 0 Å². The average molecular weight is 350 g/mol. The van der Waals surface area contributed by atoms with Crippen LogP contribution in [-0.2, 0) is 11.3 Å². The van der Waals surface area contributed by atoms with E-state index in [0.29, 0.717) is 28.3 Å². The first-order valence-electron chi connectivity index (χ1n) is 7.29. The molecule has 23 heavy (non-hydrogen) atoms. The molecule has 6 heteroatoms. The van der Waals surface area contributed by atoms with Crippen molar-refractivity contribution in [3.05, 3.63) is 41.9 Å². The van der Waals surface area contributed by atoms with Gasteiger partial charge in [-0.05, 0) is 12.1 Å². The van der Waals surface area contributed by atoms with Gasteiger partial charge in [-0.2, -0.15) is 0 Å². The summed E-state index contributed by atoms with van der Waals surface area (Å²) in [6.07, 6.45) is 1.78. The predicted molar refractivity (Wildman–Crippen MR) is 95.9 cm³/mol. The van der Waals surface area contributed by atoms with E-state index in [1.807, 2.05) is 49.6 Å². The summed E-state index contributed by atoms with van der Waals surface area (Å²) in [7, 11) is 0. The zero-order valence-electron chi connectivity index (χ0n) is 13.5. The van der Waals surface area contributed by atoms with Crippen LogP contribution in [0.3, 0.4) is 0 Å². The molecule has 0 saturated carbocycles. The topological polar surface area (TPSA) is 47.8 Å². The number of rotatable bonds is 6. The van der Waals surface area contributed by atoms with Crippen molar-refractivity contribution in [3.63, 3.8) is 0 Å². The van der Waals surface area contributed by atoms with E-state index in [9.17, 15) is 4.79 Å². The van der Waals surface area contributed by atoms with Gasteiger partial charge in [0, 0.05) is 17.5 Å². The number of carbonyl (C=O) groups is 1. The number of ketones is 1. The molecule has 0 bridgehead atoms. The molecule has 0 spiro atoms. The molecular weight excluding hydrogens is 330 g/mol. The standard InChI is InChI=1S/C17H20ClN3OS/c1-5-10-21-15(12-8-6-7-9-13(12)18)19-20-16(21)23-11-14(22)17(2,3)4/h5-9H,1,10-11H2,2-4H3. The molecule has 0 amide bonds. The molecule has 0 aliphatic carbocycles. The highest BCUT2D eigenvalue weighted by Crippen LogP contribution is 2.30. The van der Waals surface area contributed by atoms with Crippen LogP contribution >= 0.6 is 23.4 Å². The van der Waals surface area contributed by atoms with Crippen LogP contribution in [0.5, 0.6) is 0 Å². The first-order chi connectivity index (χ1) is 10.8. The molecule has 0 atom stereocenters. The fourth-order valence-electron chi connectivity index (χ4n) is 1.88. The lowest BCUT2D eigenvalue weighted by molar-refractivity contribution is -0.123. The molecule has 0 saturated heterocycles. The van der Waals surface area contributed by atoms with Crippen LogP contribution in [0.2, 0.25) is 5.02 Å². The van der Waals surface area contributed by atoms with Gasteiger partial charge >= 0.3 is 0 Å². The largest absolute Gasteiger partial charge is 0.298 e. The van der Waals surface area contributed by atoms with Crippen molar-refractivity contribution < 1.29 is 4.79 Å². The van der Waals surface area contributed by atoms with Gasteiger partial charge in [0.05, 0.1) is 10.8 Å². The molecule has 0 unspecified atom stereocenters. The number of halogens is 1. The van der Waals surface area contributed by atoms with Crippen LogP contribution in [0.4, 0.5) is 0 Å². The van der Waals surface area contributed by atoms with Crippen molar-refractivity contribution in [1.29, 1.82) is 0 Å². The third-order valence-electron chi connectivity index (χ3n) is 3.31. The molecule has 122 valence electrons. The number of aromatic nitrogens is 3. The lowest BCUT2D eigenvalue weighted by Crippen LogP contribution is -2.22. The van der Waals surface area contributed by atoms with Gasteiger partial charge in [0.2, 0.25) is 0 Å². The summed E-state index contributed by atoms with van der Waals surface area (Å²) in [5.41, 5.74) is 0.458. The maximum atomic E-state index is 12.1. The van der Waals surface area contributed by atoms with Gasteiger partial charge in [0.1, 0.15) is 5.78 Å². The van der Waals surface area contributed by atoms with E-state index in [4.69, 9.17) is 11.6 Å². The summed E-state index contributed by atoms with van der Waals surface area (Å²) in [5.74, 6) is 1.22. The first kappa shape index (κ1) is 17.8. The fourth-order valence-corrected chi connectivity index (χ4v) is 3.21. The first-order valence-corrected chi connectivity index (χ1v) is 8.66. The van der Waals surface area contributed by atoms with Gasteiger partial charge in [-0.15, -0.1) is 16.8 Å². The minimum absolute atomic E-state index is 0.176. The molecule has 0 N–H and O–H groups in total. The third-order valence-corrected chi connectivity index (χ3v) is 4.61. The highest BCUT2D eigenvalue weighted by atomic mass is 35.5. The molecule has 2 rings (SSSR count). The van der Waals surface area contributed by atoms with Gasteiger partial charge in [-0.25, -0.2) is 0 Å². The monoisotopic (exact) mass is 349 g/mol. The lowest BCUT2D eigenvalue weighted by atomic mass is 9.92. The van der Waals surface area contributed by atoms with Crippen LogP contribution in [0, 0.1) is 5.41 Å². The van der Waals surface area contributed by atoms with Crippen LogP contribution in [0.1, 0.15) is 20.8 Å². The summed E-state index contributed by atoms with van der Waals surface area (Å²) in [5, 5.41) is 9.79. The maximum Gasteiger partial charge on any atom is 0.192 e. The number of nitrogens with zero attached hydrogens (tertiary/aromatic N) is 3. The molecule has 2 aromatic rings. The van der Waals surface area contributed by atoms with Gasteiger partial charge in [-0.3, -0.25) is 9.36 Å². The second kappa shape index (κ2) is 7.32. The van der Waals surface area contributed by atoms with Crippen LogP contribution in [0.25, 0.3) is 11.4 Å². The Morgan fingerprint density at radius 3 is 2.65 bits per heavy atom. The minimum atomic E-state index is -0.359. The Bertz CT molecular complexity index is 719. The van der Waals surface area contributed by atoms with E-state index in [0.717, 1.165) is 5.56 Å². The van der Waals surface area contributed by atoms with Crippen LogP contribution in [0.15, 0.2) is 42.1 Å². The Morgan fingerprint density at radius 2 is 2.04 bits per heavy atom. The highest BCUT2D eigenvalue weighted by Gasteiger charge is 2.23. The molecule has 0 fully saturated rings. The summed E-state index contributed by atoms with van der Waals surface area (Å²) in [6, 6.07) is 7.50. The summed E-state index contributed by atoms with van der Waals surface area (Å²) < 4.78 is 1.93. The average Bonchev–Trinajstić information content (AvgIpc) is 2.87. The van der Waals surface area contributed by atoms with Gasteiger partial charge in [0.25, 0.3) is 0 Å². The summed E-state index contributed by atoms with van der Waals surface area (Å²) >= 11 is 7.65. The molecule has 0 aliphatic heterocycles. The molecule has 1 heterocycles. The van der Waals surface area contributed by atoms with Crippen molar-refractivity contribution in [2.45, 2.75) is 32.5 Å². The predicted octanol–water partition coefficient (Wildman–Crippen LogP) is 4.49. The quantitative estimate of drug-likeness (QED) is 0.569. The van der Waals surface area contributed by atoms with Gasteiger partial charge in [-0.1, -0.05) is 62.3 Å². The fraction of sp³-hybridized carbons (Fsp3) is 0.353. The number of hydrogen-bond acceptors (Lipinski definition) is 4. The molecule has 0 radical (unpaired) electrons. The minimum Gasteiger partial charge on any atom is -0.298 e. The van der Waals surface area contributed by atoms with Crippen LogP contribution < -0.4 is 0 Å². The molecule has 4 nitrogen and oxygen atoms in total. The number of carbonyl (C=O) groups excluding carboxylic acids is 1. The number of Topliss-reactive ketones (excluding diaryl/α,β-unsaturated/α-hetero) is 1. The highest BCUT2D eigenvalue weighted by molar-refractivity contribution is 7.99. The normalized spacial score (nSPS) is 11.5. The SMILES string of the molecule is C=CCn1c(SCC(=O)C(C)(C)C)nnc1-c1ccccc1Cl. The Labute approximate surface area is 145 Å². The van der Waals surface area contributed by atoms with Crippen molar-refractivity contribution in [2.24, 2.45) is 5.41 Å². The van der Waals surface area contributed by atoms with E-state index in [-0.39, 0.29) is 11.2 Å². The van der Waals surface area contributed by atoms with E-state index >= 15 is 0 Å². The Hall–Kier alpha value is -1.59. The number of allylic oxidation sites excluding steroid dienone is 1. The van der Waals surface area contributed by atoms with Crippen molar-refractivity contribution in [2.75, 3.05) is 5.75 Å². The molecular formula is C17H20ClN3OS. The zero-order chi connectivity index (χ0) is 17.0. The molecule has 0 aliphatic rings. The van der Waals surface area contributed by atoms with E-state index in [1.165, 1.54) is 11.8 Å². The van der Waals surface area contributed by atoms with Crippen molar-refractivity contribution in [3.8, 4) is 11.4 Å². The Balaban J connectivity index is 2.30. The number of hydrogen-bond donors (Lipinski definition) is 0. The van der Waals surface area contributed by atoms with E-state index in [2.05, 4.69) is 16.8 Å². The second-order valence-corrected chi connectivity index (χ2v) is 7.50. The molecule has 1 aromatic heterocycles. The maximum absolute atomic E-state index is 12.1. The smallest absolute Gasteiger partial charge is 0.192 e. The number of benzene rings is 1. The summed E-state index contributed by atoms with van der Waals surface area (Å²) in [4.78, 5) is 12.1. The second-order valence-electron chi connectivity index (χ2n) is 6.15. The van der Waals surface area contributed by atoms with Crippen molar-refractivity contribution in [1.82, 2.24) is 14.8 Å². The third kappa shape index (κ3) is 4.24. The van der Waals surface area contributed by atoms with Gasteiger partial charge in [0.15, 0.2) is 11.0 Å². The zero-order valence-corrected chi connectivity index (χ0v) is 15.1. The molecule has 1 aromatic carbocycles. The Kier molecular flexibility index (Phi) is 5.65. The number of thioether (sulfide) groups is 1. The lowest BCUT2D eigenvalue weighted by Gasteiger charge is -2.16. The van der Waals surface area contributed by atoms with Crippen molar-refractivity contribution >= 4 is 29.1 Å².